The smallest absolute Gasteiger partial charge is 0.0732 e. The Kier molecular flexibility index (Phi) is 3.75. The summed E-state index contributed by atoms with van der Waals surface area (Å²) in [6.45, 7) is 0.712. The molecule has 0 spiro atoms. The van der Waals surface area contributed by atoms with E-state index < -0.39 is 0 Å². The quantitative estimate of drug-likeness (QED) is 0.813. The van der Waals surface area contributed by atoms with E-state index in [1.165, 1.54) is 18.4 Å². The van der Waals surface area contributed by atoms with Crippen molar-refractivity contribution >= 4 is 0 Å². The summed E-state index contributed by atoms with van der Waals surface area (Å²) in [6.07, 6.45) is 3.91. The molecule has 1 aliphatic carbocycles. The van der Waals surface area contributed by atoms with Crippen molar-refractivity contribution in [3.05, 3.63) is 42.9 Å². The van der Waals surface area contributed by atoms with Gasteiger partial charge in [-0.15, -0.1) is 0 Å². The normalized spacial score (nSPS) is 25.7. The van der Waals surface area contributed by atoms with Crippen molar-refractivity contribution in [2.75, 3.05) is 0 Å². The Labute approximate surface area is 91.6 Å². The third-order valence-electron chi connectivity index (χ3n) is 3.02. The van der Waals surface area contributed by atoms with Crippen LogP contribution in [-0.2, 0) is 11.3 Å². The zero-order valence-corrected chi connectivity index (χ0v) is 8.99. The molecule has 2 nitrogen and oxygen atoms in total. The molecular weight excluding hydrogens is 186 g/mol. The minimum atomic E-state index is 0.336. The van der Waals surface area contributed by atoms with E-state index in [0.29, 0.717) is 18.8 Å². The molecule has 2 rings (SSSR count). The summed E-state index contributed by atoms with van der Waals surface area (Å²) >= 11 is 0. The van der Waals surface area contributed by atoms with Gasteiger partial charge >= 0.3 is 0 Å². The highest BCUT2D eigenvalue weighted by molar-refractivity contribution is 5.13. The number of ether oxygens (including phenoxy) is 1. The van der Waals surface area contributed by atoms with Gasteiger partial charge in [-0.25, -0.2) is 0 Å². The Morgan fingerprint density at radius 1 is 1.27 bits per heavy atom. The largest absolute Gasteiger partial charge is 0.372 e. The predicted molar refractivity (Wildman–Crippen MR) is 61.2 cm³/mol. The lowest BCUT2D eigenvalue weighted by Crippen LogP contribution is -2.33. The molecule has 1 radical (unpaired) electrons. The van der Waals surface area contributed by atoms with E-state index in [1.807, 2.05) is 18.2 Å². The first-order valence-corrected chi connectivity index (χ1v) is 5.58. The highest BCUT2D eigenvalue weighted by atomic mass is 16.5. The van der Waals surface area contributed by atoms with Crippen LogP contribution in [0.2, 0.25) is 0 Å². The second kappa shape index (κ2) is 5.29. The van der Waals surface area contributed by atoms with Gasteiger partial charge in [0.15, 0.2) is 0 Å². The van der Waals surface area contributed by atoms with Crippen LogP contribution < -0.4 is 5.32 Å². The molecule has 0 aromatic heterocycles. The third-order valence-corrected chi connectivity index (χ3v) is 3.02. The Balaban J connectivity index is 1.83. The summed E-state index contributed by atoms with van der Waals surface area (Å²) in [4.78, 5) is 0. The second-order valence-corrected chi connectivity index (χ2v) is 4.08. The van der Waals surface area contributed by atoms with Crippen molar-refractivity contribution in [2.24, 2.45) is 0 Å². The lowest BCUT2D eigenvalue weighted by Gasteiger charge is -2.19. The van der Waals surface area contributed by atoms with E-state index >= 15 is 0 Å². The van der Waals surface area contributed by atoms with Crippen LogP contribution in [0.4, 0.5) is 0 Å². The van der Waals surface area contributed by atoms with E-state index in [9.17, 15) is 0 Å². The van der Waals surface area contributed by atoms with E-state index in [4.69, 9.17) is 4.74 Å². The average molecular weight is 204 g/mol. The van der Waals surface area contributed by atoms with Crippen LogP contribution in [0, 0.1) is 7.05 Å². The Hall–Kier alpha value is -0.860. The molecule has 0 bridgehead atoms. The zero-order valence-electron chi connectivity index (χ0n) is 8.99. The zero-order chi connectivity index (χ0) is 10.5. The number of hydrogen-bond donors (Lipinski definition) is 1. The lowest BCUT2D eigenvalue weighted by atomic mass is 10.2. The monoisotopic (exact) mass is 204 g/mol. The molecule has 81 valence electrons. The molecular formula is C13H18NO. The van der Waals surface area contributed by atoms with Crippen molar-refractivity contribution in [1.29, 1.82) is 0 Å². The first-order valence-electron chi connectivity index (χ1n) is 5.58. The average Bonchev–Trinajstić information content (AvgIpc) is 2.75. The number of rotatable bonds is 4. The molecule has 1 N–H and O–H groups in total. The number of nitrogens with one attached hydrogen (secondary N) is 1. The molecule has 15 heavy (non-hydrogen) atoms. The van der Waals surface area contributed by atoms with Gasteiger partial charge in [0.1, 0.15) is 0 Å². The molecule has 0 saturated heterocycles. The summed E-state index contributed by atoms with van der Waals surface area (Å²) in [5.74, 6) is 0. The molecule has 1 aromatic carbocycles. The van der Waals surface area contributed by atoms with Crippen LogP contribution >= 0.6 is 0 Å². The van der Waals surface area contributed by atoms with Crippen LogP contribution in [0.25, 0.3) is 0 Å². The lowest BCUT2D eigenvalue weighted by molar-refractivity contribution is 0.0305. The van der Waals surface area contributed by atoms with Crippen molar-refractivity contribution in [3.8, 4) is 0 Å². The van der Waals surface area contributed by atoms with Crippen LogP contribution in [-0.4, -0.2) is 12.1 Å². The van der Waals surface area contributed by atoms with Gasteiger partial charge in [0.2, 0.25) is 0 Å². The molecule has 1 aromatic rings. The fourth-order valence-electron chi connectivity index (χ4n) is 2.14. The first-order chi connectivity index (χ1) is 7.40. The van der Waals surface area contributed by atoms with E-state index in [2.05, 4.69) is 24.5 Å². The van der Waals surface area contributed by atoms with Gasteiger partial charge < -0.3 is 10.1 Å². The minimum absolute atomic E-state index is 0.336. The van der Waals surface area contributed by atoms with Gasteiger partial charge in [-0.05, 0) is 24.8 Å². The number of hydrogen-bond acceptors (Lipinski definition) is 2. The fourth-order valence-corrected chi connectivity index (χ4v) is 2.14. The van der Waals surface area contributed by atoms with Gasteiger partial charge in [-0.2, -0.15) is 0 Å². The van der Waals surface area contributed by atoms with Crippen LogP contribution in [0.5, 0.6) is 0 Å². The Morgan fingerprint density at radius 2 is 2.07 bits per heavy atom. The first kappa shape index (κ1) is 10.7. The summed E-state index contributed by atoms with van der Waals surface area (Å²) in [5, 5.41) is 3.08. The highest BCUT2D eigenvalue weighted by Crippen LogP contribution is 2.22. The molecule has 2 unspecified atom stereocenters. The van der Waals surface area contributed by atoms with Gasteiger partial charge in [0, 0.05) is 13.1 Å². The topological polar surface area (TPSA) is 21.3 Å². The van der Waals surface area contributed by atoms with Crippen molar-refractivity contribution in [2.45, 2.75) is 38.0 Å². The van der Waals surface area contributed by atoms with Crippen molar-refractivity contribution in [3.63, 3.8) is 0 Å². The summed E-state index contributed by atoms with van der Waals surface area (Å²) in [5.41, 5.74) is 1.24. The third kappa shape index (κ3) is 2.80. The molecule has 0 amide bonds. The van der Waals surface area contributed by atoms with Gasteiger partial charge in [-0.1, -0.05) is 30.3 Å². The molecule has 1 saturated carbocycles. The van der Waals surface area contributed by atoms with Gasteiger partial charge in [0.05, 0.1) is 12.7 Å². The van der Waals surface area contributed by atoms with E-state index in [-0.39, 0.29) is 0 Å². The van der Waals surface area contributed by atoms with E-state index in [1.54, 1.807) is 0 Å². The molecule has 1 aliphatic rings. The molecule has 1 fully saturated rings. The standard InChI is InChI=1S/C13H18NO/c1-14-12-8-5-9-13(12)15-10-11-6-3-2-4-7-11/h2-4,6-7,12-14H,1,5,8-10H2. The molecule has 2 atom stereocenters. The summed E-state index contributed by atoms with van der Waals surface area (Å²) < 4.78 is 5.89. The number of benzene rings is 1. The SMILES string of the molecule is [CH2]NC1CCCC1OCc1ccccc1. The van der Waals surface area contributed by atoms with Crippen molar-refractivity contribution in [1.82, 2.24) is 5.32 Å². The molecule has 0 aliphatic heterocycles. The van der Waals surface area contributed by atoms with Crippen LogP contribution in [0.3, 0.4) is 0 Å². The van der Waals surface area contributed by atoms with Gasteiger partial charge in [0.25, 0.3) is 0 Å². The fraction of sp³-hybridized carbons (Fsp3) is 0.462. The van der Waals surface area contributed by atoms with Crippen molar-refractivity contribution < 1.29 is 4.74 Å². The second-order valence-electron chi connectivity index (χ2n) is 4.08. The predicted octanol–water partition coefficient (Wildman–Crippen LogP) is 2.51. The molecule has 2 heteroatoms. The van der Waals surface area contributed by atoms with Crippen LogP contribution in [0.1, 0.15) is 24.8 Å². The summed E-state index contributed by atoms with van der Waals surface area (Å²) in [6, 6.07) is 10.8. The van der Waals surface area contributed by atoms with Gasteiger partial charge in [-0.3, -0.25) is 0 Å². The summed E-state index contributed by atoms with van der Waals surface area (Å²) in [7, 11) is 3.74. The van der Waals surface area contributed by atoms with E-state index in [0.717, 1.165) is 6.42 Å². The maximum Gasteiger partial charge on any atom is 0.0732 e. The highest BCUT2D eigenvalue weighted by Gasteiger charge is 2.26. The Morgan fingerprint density at radius 3 is 2.80 bits per heavy atom. The molecule has 0 heterocycles. The maximum absolute atomic E-state index is 5.89. The maximum atomic E-state index is 5.89. The minimum Gasteiger partial charge on any atom is -0.372 e. The van der Waals surface area contributed by atoms with Crippen LogP contribution in [0.15, 0.2) is 30.3 Å². The Bertz CT molecular complexity index is 286.